The van der Waals surface area contributed by atoms with Crippen LogP contribution in [-0.2, 0) is 11.5 Å². The Kier molecular flexibility index (Phi) is 3.67. The Morgan fingerprint density at radius 3 is 3.17 bits per heavy atom. The van der Waals surface area contributed by atoms with Crippen LogP contribution in [-0.4, -0.2) is 16.2 Å². The van der Waals surface area contributed by atoms with E-state index in [1.807, 2.05) is 29.5 Å². The van der Waals surface area contributed by atoms with Gasteiger partial charge in [0.25, 0.3) is 5.56 Å². The first-order valence-electron chi connectivity index (χ1n) is 3.53. The smallest absolute Gasteiger partial charge is 0.268 e. The van der Waals surface area contributed by atoms with Crippen molar-refractivity contribution in [1.82, 2.24) is 9.55 Å². The van der Waals surface area contributed by atoms with Crippen LogP contribution in [0.3, 0.4) is 0 Å². The standard InChI is InChI=1S/C7H9IN2O2/c1-2-12-5-10-4-9-3-6(8)7(10)11/h3-4H,2,5H2,1H3. The van der Waals surface area contributed by atoms with Crippen molar-refractivity contribution in [3.05, 3.63) is 26.4 Å². The molecule has 0 atom stereocenters. The van der Waals surface area contributed by atoms with Gasteiger partial charge in [-0.2, -0.15) is 0 Å². The molecular formula is C7H9IN2O2. The molecule has 0 radical (unpaired) electrons. The zero-order valence-corrected chi connectivity index (χ0v) is 8.82. The predicted molar refractivity (Wildman–Crippen MR) is 52.8 cm³/mol. The van der Waals surface area contributed by atoms with Crippen molar-refractivity contribution in [2.24, 2.45) is 0 Å². The minimum Gasteiger partial charge on any atom is -0.361 e. The molecule has 1 aromatic rings. The second-order valence-corrected chi connectivity index (χ2v) is 3.30. The van der Waals surface area contributed by atoms with E-state index in [-0.39, 0.29) is 12.3 Å². The zero-order valence-electron chi connectivity index (χ0n) is 6.66. The fourth-order valence-corrected chi connectivity index (χ4v) is 1.18. The molecule has 0 bridgehead atoms. The van der Waals surface area contributed by atoms with Crippen molar-refractivity contribution in [3.63, 3.8) is 0 Å². The molecule has 0 unspecified atom stereocenters. The molecule has 0 spiro atoms. The number of ether oxygens (including phenoxy) is 1. The van der Waals surface area contributed by atoms with Crippen molar-refractivity contribution in [2.75, 3.05) is 6.61 Å². The number of aromatic nitrogens is 2. The summed E-state index contributed by atoms with van der Waals surface area (Å²) in [5.41, 5.74) is -0.0564. The van der Waals surface area contributed by atoms with E-state index < -0.39 is 0 Å². The van der Waals surface area contributed by atoms with Crippen LogP contribution in [0.15, 0.2) is 17.3 Å². The molecule has 0 amide bonds. The molecule has 0 saturated carbocycles. The third-order valence-corrected chi connectivity index (χ3v) is 2.03. The number of nitrogens with zero attached hydrogens (tertiary/aromatic N) is 2. The van der Waals surface area contributed by atoms with Crippen LogP contribution in [0.4, 0.5) is 0 Å². The summed E-state index contributed by atoms with van der Waals surface area (Å²) >= 11 is 1.95. The lowest BCUT2D eigenvalue weighted by Gasteiger charge is -2.03. The first-order chi connectivity index (χ1) is 5.75. The normalized spacial score (nSPS) is 10.2. The van der Waals surface area contributed by atoms with Gasteiger partial charge in [-0.3, -0.25) is 9.36 Å². The Balaban J connectivity index is 2.85. The quantitative estimate of drug-likeness (QED) is 0.771. The minimum atomic E-state index is -0.0564. The molecule has 1 rings (SSSR count). The molecule has 0 aliphatic rings. The van der Waals surface area contributed by atoms with Gasteiger partial charge >= 0.3 is 0 Å². The van der Waals surface area contributed by atoms with Gasteiger partial charge in [-0.1, -0.05) is 0 Å². The van der Waals surface area contributed by atoms with Crippen LogP contribution in [0, 0.1) is 3.57 Å². The Morgan fingerprint density at radius 1 is 1.75 bits per heavy atom. The van der Waals surface area contributed by atoms with Gasteiger partial charge in [-0.25, -0.2) is 4.98 Å². The van der Waals surface area contributed by atoms with Crippen molar-refractivity contribution in [1.29, 1.82) is 0 Å². The fourth-order valence-electron chi connectivity index (χ4n) is 0.706. The van der Waals surface area contributed by atoms with Crippen LogP contribution in [0.2, 0.25) is 0 Å². The average molecular weight is 280 g/mol. The van der Waals surface area contributed by atoms with E-state index >= 15 is 0 Å². The zero-order chi connectivity index (χ0) is 8.97. The molecule has 0 aromatic carbocycles. The first-order valence-corrected chi connectivity index (χ1v) is 4.61. The van der Waals surface area contributed by atoms with E-state index in [9.17, 15) is 4.79 Å². The maximum absolute atomic E-state index is 11.3. The Labute approximate surface area is 83.7 Å². The SMILES string of the molecule is CCOCn1cncc(I)c1=O. The van der Waals surface area contributed by atoms with Crippen molar-refractivity contribution >= 4 is 22.6 Å². The number of hydrogen-bond donors (Lipinski definition) is 0. The highest BCUT2D eigenvalue weighted by Crippen LogP contribution is 1.92. The van der Waals surface area contributed by atoms with Gasteiger partial charge in [-0.05, 0) is 29.5 Å². The predicted octanol–water partition coefficient (Wildman–Crippen LogP) is 0.842. The molecule has 0 aliphatic heterocycles. The monoisotopic (exact) mass is 280 g/mol. The molecule has 4 nitrogen and oxygen atoms in total. The van der Waals surface area contributed by atoms with Gasteiger partial charge in [0, 0.05) is 12.8 Å². The van der Waals surface area contributed by atoms with Gasteiger partial charge < -0.3 is 4.74 Å². The molecule has 0 fully saturated rings. The third kappa shape index (κ3) is 2.28. The molecule has 0 saturated heterocycles. The Morgan fingerprint density at radius 2 is 2.50 bits per heavy atom. The summed E-state index contributed by atoms with van der Waals surface area (Å²) in [5.74, 6) is 0. The Hall–Kier alpha value is -0.430. The lowest BCUT2D eigenvalue weighted by Crippen LogP contribution is -2.23. The highest BCUT2D eigenvalue weighted by Gasteiger charge is 1.98. The lowest BCUT2D eigenvalue weighted by atomic mass is 10.6. The van der Waals surface area contributed by atoms with Crippen LogP contribution in [0.5, 0.6) is 0 Å². The van der Waals surface area contributed by atoms with E-state index in [1.54, 1.807) is 0 Å². The topological polar surface area (TPSA) is 44.1 Å². The van der Waals surface area contributed by atoms with Crippen LogP contribution >= 0.6 is 22.6 Å². The summed E-state index contributed by atoms with van der Waals surface area (Å²) in [6.45, 7) is 2.75. The number of halogens is 1. The maximum atomic E-state index is 11.3. The largest absolute Gasteiger partial charge is 0.361 e. The lowest BCUT2D eigenvalue weighted by molar-refractivity contribution is 0.0844. The van der Waals surface area contributed by atoms with Crippen molar-refractivity contribution < 1.29 is 4.74 Å². The second kappa shape index (κ2) is 4.56. The van der Waals surface area contributed by atoms with Crippen LogP contribution in [0.1, 0.15) is 6.92 Å². The second-order valence-electron chi connectivity index (χ2n) is 2.14. The summed E-state index contributed by atoms with van der Waals surface area (Å²) in [4.78, 5) is 15.2. The molecule has 1 aromatic heterocycles. The first kappa shape index (κ1) is 9.66. The highest BCUT2D eigenvalue weighted by molar-refractivity contribution is 14.1. The third-order valence-electron chi connectivity index (χ3n) is 1.29. The van der Waals surface area contributed by atoms with Crippen LogP contribution < -0.4 is 5.56 Å². The summed E-state index contributed by atoms with van der Waals surface area (Å²) in [6, 6.07) is 0. The summed E-state index contributed by atoms with van der Waals surface area (Å²) in [5, 5.41) is 0. The van der Waals surface area contributed by atoms with E-state index in [1.165, 1.54) is 17.1 Å². The fraction of sp³-hybridized carbons (Fsp3) is 0.429. The van der Waals surface area contributed by atoms with Crippen molar-refractivity contribution in [2.45, 2.75) is 13.7 Å². The van der Waals surface area contributed by atoms with E-state index in [2.05, 4.69) is 4.98 Å². The van der Waals surface area contributed by atoms with E-state index in [0.29, 0.717) is 10.2 Å². The van der Waals surface area contributed by atoms with Gasteiger partial charge in [0.2, 0.25) is 0 Å². The van der Waals surface area contributed by atoms with Gasteiger partial charge in [-0.15, -0.1) is 0 Å². The van der Waals surface area contributed by atoms with Gasteiger partial charge in [0.15, 0.2) is 0 Å². The Bertz CT molecular complexity index is 311. The summed E-state index contributed by atoms with van der Waals surface area (Å²) in [6.07, 6.45) is 3.01. The minimum absolute atomic E-state index is 0.0564. The molecule has 0 N–H and O–H groups in total. The van der Waals surface area contributed by atoms with Gasteiger partial charge in [0.1, 0.15) is 6.73 Å². The summed E-state index contributed by atoms with van der Waals surface area (Å²) in [7, 11) is 0. The molecule has 5 heteroatoms. The van der Waals surface area contributed by atoms with Crippen LogP contribution in [0.25, 0.3) is 0 Å². The molecule has 0 aliphatic carbocycles. The van der Waals surface area contributed by atoms with E-state index in [0.717, 1.165) is 0 Å². The van der Waals surface area contributed by atoms with Gasteiger partial charge in [0.05, 0.1) is 9.90 Å². The molecular weight excluding hydrogens is 271 g/mol. The highest BCUT2D eigenvalue weighted by atomic mass is 127. The average Bonchev–Trinajstić information content (AvgIpc) is 2.08. The molecule has 1 heterocycles. The number of rotatable bonds is 3. The maximum Gasteiger partial charge on any atom is 0.268 e. The van der Waals surface area contributed by atoms with Crippen molar-refractivity contribution in [3.8, 4) is 0 Å². The summed E-state index contributed by atoms with van der Waals surface area (Å²) < 4.78 is 7.12. The molecule has 66 valence electrons. The molecule has 12 heavy (non-hydrogen) atoms. The number of hydrogen-bond acceptors (Lipinski definition) is 3. The van der Waals surface area contributed by atoms with E-state index in [4.69, 9.17) is 4.74 Å².